The first kappa shape index (κ1) is 22.7. The second-order valence-corrected chi connectivity index (χ2v) is 9.00. The van der Waals surface area contributed by atoms with Crippen molar-refractivity contribution in [2.75, 3.05) is 0 Å². The topological polar surface area (TPSA) is 59.0 Å². The van der Waals surface area contributed by atoms with E-state index in [9.17, 15) is 9.59 Å². The molecule has 0 spiro atoms. The van der Waals surface area contributed by atoms with Gasteiger partial charge in [-0.2, -0.15) is 5.10 Å². The highest BCUT2D eigenvalue weighted by Gasteiger charge is 2.34. The Hall–Kier alpha value is -4.03. The zero-order chi connectivity index (χ0) is 24.2. The van der Waals surface area contributed by atoms with Crippen LogP contribution in [0, 0.1) is 0 Å². The fourth-order valence-electron chi connectivity index (χ4n) is 4.05. The van der Waals surface area contributed by atoms with Crippen LogP contribution in [0.15, 0.2) is 119 Å². The molecule has 5 nitrogen and oxygen atoms in total. The molecule has 0 aromatic heterocycles. The summed E-state index contributed by atoms with van der Waals surface area (Å²) in [7, 11) is 0. The lowest BCUT2D eigenvalue weighted by Crippen LogP contribution is -2.27. The van der Waals surface area contributed by atoms with Gasteiger partial charge in [-0.05, 0) is 54.1 Å². The van der Waals surface area contributed by atoms with E-state index >= 15 is 0 Å². The maximum atomic E-state index is 13.4. The summed E-state index contributed by atoms with van der Waals surface area (Å²) in [6, 6.07) is 32.8. The van der Waals surface area contributed by atoms with E-state index in [1.807, 2.05) is 66.7 Å². The molecule has 4 aromatic carbocycles. The zero-order valence-electron chi connectivity index (χ0n) is 18.7. The van der Waals surface area contributed by atoms with Crippen molar-refractivity contribution in [3.05, 3.63) is 136 Å². The first-order chi connectivity index (χ1) is 17.1. The Labute approximate surface area is 211 Å². The third kappa shape index (κ3) is 4.93. The highest BCUT2D eigenvalue weighted by molar-refractivity contribution is 9.10. The molecule has 0 bridgehead atoms. The summed E-state index contributed by atoms with van der Waals surface area (Å²) in [5.41, 5.74) is 3.35. The lowest BCUT2D eigenvalue weighted by atomic mass is 9.97. The highest BCUT2D eigenvalue weighted by Crippen LogP contribution is 2.36. The van der Waals surface area contributed by atoms with Crippen molar-refractivity contribution in [1.82, 2.24) is 5.01 Å². The van der Waals surface area contributed by atoms with Gasteiger partial charge in [-0.1, -0.05) is 76.6 Å². The standard InChI is InChI=1S/C29H21BrN2O3/c30-23-17-15-20(16-18-23)26-19-25(31-32(26)28(33)21-9-3-1-4-10-21)24-13-7-8-14-27(24)35-29(34)22-11-5-2-6-12-22/h1-18,26H,19H2/t26-/m0/s1. The molecule has 0 saturated carbocycles. The van der Waals surface area contributed by atoms with Crippen molar-refractivity contribution in [3.63, 3.8) is 0 Å². The van der Waals surface area contributed by atoms with Crippen LogP contribution in [0.3, 0.4) is 0 Å². The van der Waals surface area contributed by atoms with E-state index in [2.05, 4.69) is 15.9 Å². The van der Waals surface area contributed by atoms with Gasteiger partial charge in [0.1, 0.15) is 5.75 Å². The van der Waals surface area contributed by atoms with Crippen LogP contribution in [0.4, 0.5) is 0 Å². The third-order valence-corrected chi connectivity index (χ3v) is 6.33. The van der Waals surface area contributed by atoms with Crippen molar-refractivity contribution in [2.24, 2.45) is 5.10 Å². The average Bonchev–Trinajstić information content (AvgIpc) is 3.35. The van der Waals surface area contributed by atoms with Gasteiger partial charge in [0, 0.05) is 22.0 Å². The van der Waals surface area contributed by atoms with E-state index < -0.39 is 5.97 Å². The number of rotatable bonds is 5. The van der Waals surface area contributed by atoms with Crippen LogP contribution >= 0.6 is 15.9 Å². The van der Waals surface area contributed by atoms with Crippen LogP contribution in [0.25, 0.3) is 0 Å². The molecule has 0 radical (unpaired) electrons. The third-order valence-electron chi connectivity index (χ3n) is 5.80. The number of halogens is 1. The molecule has 0 saturated heterocycles. The quantitative estimate of drug-likeness (QED) is 0.216. The molecule has 4 aromatic rings. The highest BCUT2D eigenvalue weighted by atomic mass is 79.9. The van der Waals surface area contributed by atoms with Crippen LogP contribution in [-0.4, -0.2) is 22.6 Å². The van der Waals surface area contributed by atoms with E-state index in [0.717, 1.165) is 10.0 Å². The lowest BCUT2D eigenvalue weighted by molar-refractivity contribution is 0.0708. The number of amides is 1. The number of hydrogen-bond acceptors (Lipinski definition) is 4. The van der Waals surface area contributed by atoms with E-state index in [4.69, 9.17) is 9.84 Å². The largest absolute Gasteiger partial charge is 0.422 e. The second kappa shape index (κ2) is 10.1. The maximum absolute atomic E-state index is 13.4. The van der Waals surface area contributed by atoms with Gasteiger partial charge < -0.3 is 4.74 Å². The van der Waals surface area contributed by atoms with E-state index in [0.29, 0.717) is 34.6 Å². The minimum absolute atomic E-state index is 0.188. The molecule has 1 aliphatic rings. The molecule has 1 aliphatic heterocycles. The molecular formula is C29H21BrN2O3. The molecule has 1 heterocycles. The van der Waals surface area contributed by atoms with Gasteiger partial charge in [-0.3, -0.25) is 4.79 Å². The molecule has 172 valence electrons. The molecule has 0 N–H and O–H groups in total. The smallest absolute Gasteiger partial charge is 0.343 e. The average molecular weight is 525 g/mol. The Balaban J connectivity index is 1.50. The number of para-hydroxylation sites is 1. The van der Waals surface area contributed by atoms with E-state index in [-0.39, 0.29) is 11.9 Å². The summed E-state index contributed by atoms with van der Waals surface area (Å²) in [5.74, 6) is -0.228. The van der Waals surface area contributed by atoms with Gasteiger partial charge in [-0.25, -0.2) is 9.80 Å². The number of benzene rings is 4. The summed E-state index contributed by atoms with van der Waals surface area (Å²) in [4.78, 5) is 26.2. The van der Waals surface area contributed by atoms with Crippen LogP contribution < -0.4 is 4.74 Å². The minimum atomic E-state index is -0.446. The Kier molecular flexibility index (Phi) is 6.55. The van der Waals surface area contributed by atoms with E-state index in [1.54, 1.807) is 42.5 Å². The molecule has 1 atom stereocenters. The second-order valence-electron chi connectivity index (χ2n) is 8.09. The first-order valence-corrected chi connectivity index (χ1v) is 12.0. The maximum Gasteiger partial charge on any atom is 0.343 e. The molecule has 6 heteroatoms. The molecule has 0 aliphatic carbocycles. The van der Waals surface area contributed by atoms with Gasteiger partial charge in [-0.15, -0.1) is 0 Å². The number of carbonyl (C=O) groups is 2. The first-order valence-electron chi connectivity index (χ1n) is 11.2. The van der Waals surface area contributed by atoms with E-state index in [1.165, 1.54) is 5.01 Å². The Bertz CT molecular complexity index is 1390. The molecule has 1 amide bonds. The normalized spacial score (nSPS) is 14.9. The van der Waals surface area contributed by atoms with Gasteiger partial charge in [0.05, 0.1) is 17.3 Å². The van der Waals surface area contributed by atoms with Crippen LogP contribution in [-0.2, 0) is 0 Å². The molecule has 0 fully saturated rings. The Morgan fingerprint density at radius 2 is 1.37 bits per heavy atom. The number of carbonyl (C=O) groups excluding carboxylic acids is 2. The fourth-order valence-corrected chi connectivity index (χ4v) is 4.31. The number of ether oxygens (including phenoxy) is 1. The summed E-state index contributed by atoms with van der Waals surface area (Å²) >= 11 is 3.48. The molecule has 5 rings (SSSR count). The van der Waals surface area contributed by atoms with Crippen LogP contribution in [0.2, 0.25) is 0 Å². The summed E-state index contributed by atoms with van der Waals surface area (Å²) in [6.45, 7) is 0. The summed E-state index contributed by atoms with van der Waals surface area (Å²) in [6.07, 6.45) is 0.486. The van der Waals surface area contributed by atoms with Crippen molar-refractivity contribution in [3.8, 4) is 5.75 Å². The predicted molar refractivity (Wildman–Crippen MR) is 138 cm³/mol. The molecule has 35 heavy (non-hydrogen) atoms. The van der Waals surface area contributed by atoms with Gasteiger partial charge in [0.2, 0.25) is 0 Å². The lowest BCUT2D eigenvalue weighted by Gasteiger charge is -2.22. The monoisotopic (exact) mass is 524 g/mol. The Morgan fingerprint density at radius 1 is 0.771 bits per heavy atom. The summed E-state index contributed by atoms with van der Waals surface area (Å²) in [5, 5.41) is 6.28. The SMILES string of the molecule is O=C(Oc1ccccc1C1=NN(C(=O)c2ccccc2)[C@H](c2ccc(Br)cc2)C1)c1ccccc1. The fraction of sp³-hybridized carbons (Fsp3) is 0.0690. The van der Waals surface area contributed by atoms with Crippen LogP contribution in [0.5, 0.6) is 5.75 Å². The van der Waals surface area contributed by atoms with Gasteiger partial charge in [0.15, 0.2) is 0 Å². The number of nitrogens with zero attached hydrogens (tertiary/aromatic N) is 2. The number of hydrogen-bond donors (Lipinski definition) is 0. The van der Waals surface area contributed by atoms with Gasteiger partial charge in [0.25, 0.3) is 5.91 Å². The number of hydrazone groups is 1. The van der Waals surface area contributed by atoms with Gasteiger partial charge >= 0.3 is 5.97 Å². The van der Waals surface area contributed by atoms with Crippen molar-refractivity contribution in [2.45, 2.75) is 12.5 Å². The van der Waals surface area contributed by atoms with Crippen molar-refractivity contribution < 1.29 is 14.3 Å². The zero-order valence-corrected chi connectivity index (χ0v) is 20.3. The van der Waals surface area contributed by atoms with Crippen molar-refractivity contribution in [1.29, 1.82) is 0 Å². The molecule has 0 unspecified atom stereocenters. The Morgan fingerprint density at radius 3 is 2.06 bits per heavy atom. The van der Waals surface area contributed by atoms with Crippen LogP contribution in [0.1, 0.15) is 44.3 Å². The predicted octanol–water partition coefficient (Wildman–Crippen LogP) is 6.66. The van der Waals surface area contributed by atoms with Crippen molar-refractivity contribution >= 4 is 33.5 Å². The molecular weight excluding hydrogens is 504 g/mol. The summed E-state index contributed by atoms with van der Waals surface area (Å²) < 4.78 is 6.71. The number of esters is 1. The minimum Gasteiger partial charge on any atom is -0.422 e.